The second kappa shape index (κ2) is 14.4. The van der Waals surface area contributed by atoms with Crippen LogP contribution < -0.4 is 10.1 Å². The van der Waals surface area contributed by atoms with Crippen molar-refractivity contribution in [2.45, 2.75) is 65.3 Å². The lowest BCUT2D eigenvalue weighted by molar-refractivity contribution is -0.161. The lowest BCUT2D eigenvalue weighted by Gasteiger charge is -2.39. The zero-order valence-electron chi connectivity index (χ0n) is 28.3. The fourth-order valence-corrected chi connectivity index (χ4v) is 5.52. The number of halogens is 4. The molecule has 2 aromatic carbocycles. The first-order valence-corrected chi connectivity index (χ1v) is 16.1. The van der Waals surface area contributed by atoms with Gasteiger partial charge >= 0.3 is 18.2 Å². The Balaban J connectivity index is 1.48. The number of nitrogens with one attached hydrogen (secondary N) is 1. The van der Waals surface area contributed by atoms with Crippen molar-refractivity contribution in [1.29, 1.82) is 0 Å². The third-order valence-corrected chi connectivity index (χ3v) is 8.24. The first kappa shape index (κ1) is 36.2. The number of anilines is 1. The number of alkyl halides is 3. The van der Waals surface area contributed by atoms with Crippen molar-refractivity contribution in [2.24, 2.45) is 5.41 Å². The van der Waals surface area contributed by atoms with Gasteiger partial charge < -0.3 is 24.4 Å². The fourth-order valence-electron chi connectivity index (χ4n) is 5.52. The average Bonchev–Trinajstić information content (AvgIpc) is 3.07. The zero-order valence-corrected chi connectivity index (χ0v) is 28.3. The predicted molar refractivity (Wildman–Crippen MR) is 176 cm³/mol. The summed E-state index contributed by atoms with van der Waals surface area (Å²) in [6.07, 6.45) is -1.12. The Morgan fingerprint density at radius 3 is 2.24 bits per heavy atom. The maximum atomic E-state index is 13.9. The largest absolute Gasteiger partial charge is 0.490 e. The molecule has 2 aromatic heterocycles. The lowest BCUT2D eigenvalue weighted by Crippen LogP contribution is -2.50. The zero-order chi connectivity index (χ0) is 36.3. The summed E-state index contributed by atoms with van der Waals surface area (Å²) in [7, 11) is 0. The van der Waals surface area contributed by atoms with E-state index in [2.05, 4.69) is 25.3 Å². The van der Waals surface area contributed by atoms with Crippen molar-refractivity contribution in [3.05, 3.63) is 72.3 Å². The maximum absolute atomic E-state index is 13.9. The van der Waals surface area contributed by atoms with Crippen LogP contribution >= 0.6 is 0 Å². The van der Waals surface area contributed by atoms with Crippen LogP contribution in [0.5, 0.6) is 5.75 Å². The Kier molecular flexibility index (Phi) is 10.4. The number of carbonyl (C=O) groups excluding carboxylic acids is 2. The van der Waals surface area contributed by atoms with Gasteiger partial charge in [-0.3, -0.25) is 4.79 Å². The smallest absolute Gasteiger partial charge is 0.451 e. The van der Waals surface area contributed by atoms with Crippen LogP contribution in [0, 0.1) is 11.2 Å². The molecule has 1 N–H and O–H groups in total. The molecule has 0 aliphatic carbocycles. The molecule has 1 aliphatic heterocycles. The Labute approximate surface area is 286 Å². The molecule has 0 bridgehead atoms. The topological polar surface area (TPSA) is 129 Å². The molecule has 3 heterocycles. The van der Waals surface area contributed by atoms with E-state index in [1.165, 1.54) is 18.5 Å². The molecule has 15 heteroatoms. The first-order chi connectivity index (χ1) is 23.6. The first-order valence-electron chi connectivity index (χ1n) is 16.1. The van der Waals surface area contributed by atoms with Gasteiger partial charge in [0.25, 0.3) is 0 Å². The van der Waals surface area contributed by atoms with E-state index in [-0.39, 0.29) is 39.1 Å². The van der Waals surface area contributed by atoms with Crippen LogP contribution in [0.3, 0.4) is 0 Å². The molecule has 4 aromatic rings. The summed E-state index contributed by atoms with van der Waals surface area (Å²) in [6, 6.07) is 8.79. The molecule has 5 rings (SSSR count). The van der Waals surface area contributed by atoms with Crippen molar-refractivity contribution in [1.82, 2.24) is 24.8 Å². The van der Waals surface area contributed by atoms with Crippen LogP contribution in [0.15, 0.2) is 55.1 Å². The molecule has 1 fully saturated rings. The van der Waals surface area contributed by atoms with E-state index in [9.17, 15) is 27.2 Å². The van der Waals surface area contributed by atoms with Crippen LogP contribution in [0.2, 0.25) is 0 Å². The number of piperidine rings is 1. The molecule has 1 amide bonds. The SMILES string of the molecule is CCOC(=O)C1(COc2cc(-c3ccc(F)cc3)cc3c(NC(C)c4cnc(C(F)(F)F)nc4)ncnc23)CCN(C(=O)OC(C)(C)C)CC1. The number of ether oxygens (including phenoxy) is 3. The van der Waals surface area contributed by atoms with Crippen LogP contribution in [0.1, 0.15) is 64.9 Å². The van der Waals surface area contributed by atoms with E-state index >= 15 is 0 Å². The highest BCUT2D eigenvalue weighted by molar-refractivity contribution is 5.96. The molecule has 266 valence electrons. The summed E-state index contributed by atoms with van der Waals surface area (Å²) in [5.74, 6) is -1.48. The predicted octanol–water partition coefficient (Wildman–Crippen LogP) is 7.38. The van der Waals surface area contributed by atoms with E-state index in [4.69, 9.17) is 14.2 Å². The number of aromatic nitrogens is 4. The highest BCUT2D eigenvalue weighted by Gasteiger charge is 2.45. The number of likely N-dealkylation sites (tertiary alicyclic amines) is 1. The minimum absolute atomic E-state index is 0.0952. The number of esters is 1. The van der Waals surface area contributed by atoms with Crippen molar-refractivity contribution in [2.75, 3.05) is 31.6 Å². The van der Waals surface area contributed by atoms with Gasteiger partial charge in [-0.05, 0) is 82.9 Å². The van der Waals surface area contributed by atoms with Gasteiger partial charge in [0.15, 0.2) is 0 Å². The van der Waals surface area contributed by atoms with Crippen molar-refractivity contribution in [3.63, 3.8) is 0 Å². The van der Waals surface area contributed by atoms with Gasteiger partial charge in [0.2, 0.25) is 5.82 Å². The number of amides is 1. The Morgan fingerprint density at radius 2 is 1.64 bits per heavy atom. The summed E-state index contributed by atoms with van der Waals surface area (Å²) in [5, 5.41) is 3.70. The van der Waals surface area contributed by atoms with Gasteiger partial charge in [-0.15, -0.1) is 0 Å². The third kappa shape index (κ3) is 8.37. The van der Waals surface area contributed by atoms with Crippen LogP contribution in [0.4, 0.5) is 28.2 Å². The van der Waals surface area contributed by atoms with Crippen molar-refractivity contribution < 1.29 is 41.4 Å². The highest BCUT2D eigenvalue weighted by Crippen LogP contribution is 2.39. The molecule has 0 radical (unpaired) electrons. The minimum Gasteiger partial charge on any atom is -0.490 e. The number of fused-ring (bicyclic) bond motifs is 1. The van der Waals surface area contributed by atoms with Crippen molar-refractivity contribution in [3.8, 4) is 16.9 Å². The molecule has 1 saturated heterocycles. The van der Waals surface area contributed by atoms with E-state index in [0.29, 0.717) is 39.2 Å². The van der Waals surface area contributed by atoms with Gasteiger partial charge in [0.05, 0.1) is 12.6 Å². The molecule has 1 unspecified atom stereocenters. The normalized spacial score (nSPS) is 15.3. The highest BCUT2D eigenvalue weighted by atomic mass is 19.4. The number of rotatable bonds is 9. The number of nitrogens with zero attached hydrogens (tertiary/aromatic N) is 5. The van der Waals surface area contributed by atoms with E-state index in [1.807, 2.05) is 0 Å². The van der Waals surface area contributed by atoms with Gasteiger partial charge in [-0.1, -0.05) is 12.1 Å². The summed E-state index contributed by atoms with van der Waals surface area (Å²) in [6.45, 7) is 9.33. The monoisotopic (exact) mass is 698 g/mol. The Hall–Kier alpha value is -5.08. The number of benzene rings is 2. The van der Waals surface area contributed by atoms with E-state index in [0.717, 1.165) is 12.4 Å². The summed E-state index contributed by atoms with van der Waals surface area (Å²) in [5.41, 5.74) is 0.284. The van der Waals surface area contributed by atoms with Gasteiger partial charge in [0, 0.05) is 36.4 Å². The van der Waals surface area contributed by atoms with Gasteiger partial charge in [0.1, 0.15) is 46.9 Å². The number of carbonyl (C=O) groups is 2. The van der Waals surface area contributed by atoms with Gasteiger partial charge in [-0.25, -0.2) is 29.1 Å². The second-order valence-electron chi connectivity index (χ2n) is 13.1. The maximum Gasteiger partial charge on any atom is 0.451 e. The number of hydrogen-bond acceptors (Lipinski definition) is 10. The average molecular weight is 699 g/mol. The minimum atomic E-state index is -4.67. The number of hydrogen-bond donors (Lipinski definition) is 1. The lowest BCUT2D eigenvalue weighted by atomic mass is 9.79. The second-order valence-corrected chi connectivity index (χ2v) is 13.1. The molecule has 1 aliphatic rings. The molecule has 0 spiro atoms. The third-order valence-electron chi connectivity index (χ3n) is 8.24. The Bertz CT molecular complexity index is 1820. The molecule has 11 nitrogen and oxygen atoms in total. The molecule has 50 heavy (non-hydrogen) atoms. The van der Waals surface area contributed by atoms with Crippen LogP contribution in [-0.4, -0.2) is 68.8 Å². The standard InChI is InChI=1S/C35H38F4N6O5/c1-6-48-31(46)34(11-13-45(14-12-34)32(47)50-33(3,4)5)19-49-27-16-23(22-7-9-25(36)10-8-22)15-26-28(27)42-20-43-29(26)44-21(2)24-17-40-30(41-18-24)35(37,38)39/h7-10,15-18,20-21H,6,11-14,19H2,1-5H3,(H,42,43,44). The summed E-state index contributed by atoms with van der Waals surface area (Å²) < 4.78 is 70.4. The molecule has 0 saturated carbocycles. The van der Waals surface area contributed by atoms with E-state index < -0.39 is 46.9 Å². The molecular weight excluding hydrogens is 660 g/mol. The molecule has 1 atom stereocenters. The van der Waals surface area contributed by atoms with E-state index in [1.54, 1.807) is 63.8 Å². The van der Waals surface area contributed by atoms with Crippen molar-refractivity contribution >= 4 is 28.8 Å². The fraction of sp³-hybridized carbons (Fsp3) is 0.429. The van der Waals surface area contributed by atoms with Gasteiger partial charge in [-0.2, -0.15) is 13.2 Å². The van der Waals surface area contributed by atoms with Crippen LogP contribution in [-0.2, 0) is 20.4 Å². The Morgan fingerprint density at radius 1 is 0.980 bits per heavy atom. The molecular formula is C35H38F4N6O5. The summed E-state index contributed by atoms with van der Waals surface area (Å²) in [4.78, 5) is 43.5. The quantitative estimate of drug-likeness (QED) is 0.140. The summed E-state index contributed by atoms with van der Waals surface area (Å²) >= 11 is 0. The van der Waals surface area contributed by atoms with Crippen LogP contribution in [0.25, 0.3) is 22.0 Å².